The lowest BCUT2D eigenvalue weighted by Gasteiger charge is -2.14. The average molecular weight is 296 g/mol. The third-order valence-corrected chi connectivity index (χ3v) is 3.17. The van der Waals surface area contributed by atoms with Gasteiger partial charge in [-0.05, 0) is 19.4 Å². The normalized spacial score (nSPS) is 10.4. The highest BCUT2D eigenvalue weighted by Gasteiger charge is 2.16. The fourth-order valence-corrected chi connectivity index (χ4v) is 2.12. The molecule has 7 heteroatoms. The predicted octanol–water partition coefficient (Wildman–Crippen LogP) is 0.316. The van der Waals surface area contributed by atoms with E-state index in [1.165, 1.54) is 17.7 Å². The smallest absolute Gasteiger partial charge is 0.337 e. The zero-order valence-corrected chi connectivity index (χ0v) is 12.4. The lowest BCUT2D eigenvalue weighted by atomic mass is 10.1. The van der Waals surface area contributed by atoms with Gasteiger partial charge in [-0.25, -0.2) is 4.79 Å². The first-order valence-corrected chi connectivity index (χ1v) is 6.58. The summed E-state index contributed by atoms with van der Waals surface area (Å²) in [7, 11) is 1.54. The van der Waals surface area contributed by atoms with Crippen LogP contribution in [0.15, 0.2) is 10.9 Å². The van der Waals surface area contributed by atoms with E-state index in [0.717, 1.165) is 0 Å². The van der Waals surface area contributed by atoms with Gasteiger partial charge in [-0.15, -0.1) is 0 Å². The van der Waals surface area contributed by atoms with Crippen LogP contribution in [0.3, 0.4) is 0 Å². The molecule has 1 aromatic rings. The van der Waals surface area contributed by atoms with Gasteiger partial charge in [0, 0.05) is 38.4 Å². The highest BCUT2D eigenvalue weighted by molar-refractivity contribution is 5.90. The number of hydrogen-bond acceptors (Lipinski definition) is 4. The molecule has 21 heavy (non-hydrogen) atoms. The number of amides is 1. The van der Waals surface area contributed by atoms with E-state index in [9.17, 15) is 19.5 Å². The van der Waals surface area contributed by atoms with Crippen LogP contribution in [0.4, 0.5) is 0 Å². The first-order valence-electron chi connectivity index (χ1n) is 6.58. The number of carboxylic acid groups (broad SMARTS) is 1. The van der Waals surface area contributed by atoms with Gasteiger partial charge in [0.15, 0.2) is 0 Å². The number of carbonyl (C=O) groups is 2. The summed E-state index contributed by atoms with van der Waals surface area (Å²) in [6.45, 7) is 4.11. The molecule has 0 aliphatic rings. The summed E-state index contributed by atoms with van der Waals surface area (Å²) in [6.07, 6.45) is 0.104. The first kappa shape index (κ1) is 16.9. The summed E-state index contributed by atoms with van der Waals surface area (Å²) in [6, 6.07) is 1.28. The Labute approximate surface area is 122 Å². The number of nitrogens with zero attached hydrogens (tertiary/aromatic N) is 1. The molecule has 0 aliphatic heterocycles. The number of hydrogen-bond donors (Lipinski definition) is 2. The van der Waals surface area contributed by atoms with Gasteiger partial charge in [0.25, 0.3) is 5.56 Å². The van der Waals surface area contributed by atoms with Crippen LogP contribution in [0.1, 0.15) is 28.0 Å². The highest BCUT2D eigenvalue weighted by Crippen LogP contribution is 2.11. The molecule has 1 heterocycles. The van der Waals surface area contributed by atoms with Gasteiger partial charge in [0.2, 0.25) is 5.91 Å². The number of aromatic carboxylic acids is 1. The zero-order chi connectivity index (χ0) is 16.0. The molecular weight excluding hydrogens is 276 g/mol. The molecule has 0 spiro atoms. The summed E-state index contributed by atoms with van der Waals surface area (Å²) < 4.78 is 6.13. The van der Waals surface area contributed by atoms with E-state index in [1.807, 2.05) is 0 Å². The molecule has 0 unspecified atom stereocenters. The molecule has 0 radical (unpaired) electrons. The minimum Gasteiger partial charge on any atom is -0.478 e. The Morgan fingerprint density at radius 1 is 1.38 bits per heavy atom. The fraction of sp³-hybridized carbons (Fsp3) is 0.500. The van der Waals surface area contributed by atoms with Gasteiger partial charge in [-0.2, -0.15) is 0 Å². The Bertz CT molecular complexity index is 592. The van der Waals surface area contributed by atoms with E-state index in [1.54, 1.807) is 13.8 Å². The van der Waals surface area contributed by atoms with Crippen molar-refractivity contribution in [3.8, 4) is 0 Å². The summed E-state index contributed by atoms with van der Waals surface area (Å²) in [4.78, 5) is 34.7. The molecule has 1 rings (SSSR count). The number of aromatic nitrogens is 1. The minimum atomic E-state index is -1.08. The van der Waals surface area contributed by atoms with Gasteiger partial charge < -0.3 is 19.7 Å². The van der Waals surface area contributed by atoms with Gasteiger partial charge in [0.1, 0.15) is 0 Å². The standard InChI is InChI=1S/C14H20N2O5/c1-9-8-12(18)16(10(2)13(9)14(19)20)6-4-11(17)15-5-7-21-3/h8H,4-7H2,1-3H3,(H,15,17)(H,19,20). The van der Waals surface area contributed by atoms with Crippen molar-refractivity contribution in [2.75, 3.05) is 20.3 Å². The maximum absolute atomic E-state index is 11.9. The quantitative estimate of drug-likeness (QED) is 0.706. The number of nitrogens with one attached hydrogen (secondary N) is 1. The van der Waals surface area contributed by atoms with Crippen molar-refractivity contribution in [3.63, 3.8) is 0 Å². The second kappa shape index (κ2) is 7.58. The third kappa shape index (κ3) is 4.42. The molecule has 1 amide bonds. The predicted molar refractivity (Wildman–Crippen MR) is 76.6 cm³/mol. The molecule has 0 saturated carbocycles. The van der Waals surface area contributed by atoms with Crippen LogP contribution < -0.4 is 10.9 Å². The van der Waals surface area contributed by atoms with Crippen LogP contribution in [-0.4, -0.2) is 41.8 Å². The monoisotopic (exact) mass is 296 g/mol. The van der Waals surface area contributed by atoms with Crippen LogP contribution in [0.5, 0.6) is 0 Å². The van der Waals surface area contributed by atoms with Crippen molar-refractivity contribution in [1.82, 2.24) is 9.88 Å². The number of carbonyl (C=O) groups excluding carboxylic acids is 1. The van der Waals surface area contributed by atoms with E-state index in [2.05, 4.69) is 5.32 Å². The maximum atomic E-state index is 11.9. The summed E-state index contributed by atoms with van der Waals surface area (Å²) in [5.41, 5.74) is 0.581. The molecular formula is C14H20N2O5. The van der Waals surface area contributed by atoms with Crippen molar-refractivity contribution >= 4 is 11.9 Å². The van der Waals surface area contributed by atoms with Crippen LogP contribution in [0.25, 0.3) is 0 Å². The third-order valence-electron chi connectivity index (χ3n) is 3.17. The number of rotatable bonds is 7. The van der Waals surface area contributed by atoms with Crippen LogP contribution in [0, 0.1) is 13.8 Å². The second-order valence-electron chi connectivity index (χ2n) is 4.68. The van der Waals surface area contributed by atoms with Gasteiger partial charge in [-0.1, -0.05) is 0 Å². The first-order chi connectivity index (χ1) is 9.88. The Hall–Kier alpha value is -2.15. The largest absolute Gasteiger partial charge is 0.478 e. The molecule has 0 bridgehead atoms. The number of aryl methyl sites for hydroxylation is 1. The number of pyridine rings is 1. The highest BCUT2D eigenvalue weighted by atomic mass is 16.5. The van der Waals surface area contributed by atoms with Gasteiger partial charge in [0.05, 0.1) is 12.2 Å². The summed E-state index contributed by atoms with van der Waals surface area (Å²) >= 11 is 0. The van der Waals surface area contributed by atoms with Crippen molar-refractivity contribution in [3.05, 3.63) is 33.2 Å². The van der Waals surface area contributed by atoms with Crippen LogP contribution in [-0.2, 0) is 16.1 Å². The Kier molecular flexibility index (Phi) is 6.10. The summed E-state index contributed by atoms with van der Waals surface area (Å²) in [5, 5.41) is 11.8. The molecule has 0 aromatic carbocycles. The molecule has 1 aromatic heterocycles. The van der Waals surface area contributed by atoms with Gasteiger partial charge in [-0.3, -0.25) is 9.59 Å². The lowest BCUT2D eigenvalue weighted by Crippen LogP contribution is -2.31. The molecule has 7 nitrogen and oxygen atoms in total. The Balaban J connectivity index is 2.85. The molecule has 0 aliphatic carbocycles. The molecule has 0 atom stereocenters. The molecule has 116 valence electrons. The average Bonchev–Trinajstić information content (AvgIpc) is 2.37. The van der Waals surface area contributed by atoms with Crippen LogP contribution in [0.2, 0.25) is 0 Å². The Morgan fingerprint density at radius 2 is 2.05 bits per heavy atom. The van der Waals surface area contributed by atoms with E-state index >= 15 is 0 Å². The van der Waals surface area contributed by atoms with Crippen LogP contribution >= 0.6 is 0 Å². The maximum Gasteiger partial charge on any atom is 0.337 e. The van der Waals surface area contributed by atoms with Crippen molar-refractivity contribution in [2.45, 2.75) is 26.8 Å². The van der Waals surface area contributed by atoms with E-state index < -0.39 is 5.97 Å². The van der Waals surface area contributed by atoms with E-state index in [-0.39, 0.29) is 30.0 Å². The summed E-state index contributed by atoms with van der Waals surface area (Å²) in [5.74, 6) is -1.29. The van der Waals surface area contributed by atoms with Crippen molar-refractivity contribution < 1.29 is 19.4 Å². The molecule has 2 N–H and O–H groups in total. The fourth-order valence-electron chi connectivity index (χ4n) is 2.12. The van der Waals surface area contributed by atoms with E-state index in [4.69, 9.17) is 4.74 Å². The molecule has 0 saturated heterocycles. The van der Waals surface area contributed by atoms with E-state index in [0.29, 0.717) is 24.4 Å². The SMILES string of the molecule is COCCNC(=O)CCn1c(C)c(C(=O)O)c(C)cc1=O. The molecule has 0 fully saturated rings. The minimum absolute atomic E-state index is 0.104. The number of ether oxygens (including phenoxy) is 1. The van der Waals surface area contributed by atoms with Crippen molar-refractivity contribution in [2.24, 2.45) is 0 Å². The van der Waals surface area contributed by atoms with Crippen molar-refractivity contribution in [1.29, 1.82) is 0 Å². The lowest BCUT2D eigenvalue weighted by molar-refractivity contribution is -0.121. The topological polar surface area (TPSA) is 97.6 Å². The zero-order valence-electron chi connectivity index (χ0n) is 12.4. The second-order valence-corrected chi connectivity index (χ2v) is 4.68. The number of methoxy groups -OCH3 is 1. The Morgan fingerprint density at radius 3 is 2.62 bits per heavy atom. The van der Waals surface area contributed by atoms with Gasteiger partial charge >= 0.3 is 5.97 Å². The number of carboxylic acids is 1.